The maximum atomic E-state index is 12.9. The van der Waals surface area contributed by atoms with Gasteiger partial charge in [0.1, 0.15) is 13.2 Å². The highest BCUT2D eigenvalue weighted by Gasteiger charge is 2.19. The van der Waals surface area contributed by atoms with Gasteiger partial charge in [0.15, 0.2) is 6.10 Å². The van der Waals surface area contributed by atoms with Crippen LogP contribution in [0.2, 0.25) is 0 Å². The van der Waals surface area contributed by atoms with E-state index in [0.717, 1.165) is 89.9 Å². The first-order valence-electron chi connectivity index (χ1n) is 34.7. The van der Waals surface area contributed by atoms with Gasteiger partial charge in [-0.2, -0.15) is 0 Å². The molecule has 0 radical (unpaired) electrons. The van der Waals surface area contributed by atoms with E-state index in [9.17, 15) is 14.4 Å². The molecule has 1 unspecified atom stereocenters. The molecule has 6 nitrogen and oxygen atoms in total. The summed E-state index contributed by atoms with van der Waals surface area (Å²) in [5, 5.41) is 0. The molecule has 0 spiro atoms. The van der Waals surface area contributed by atoms with Crippen LogP contribution in [0.25, 0.3) is 0 Å². The molecule has 0 aromatic carbocycles. The lowest BCUT2D eigenvalue weighted by Crippen LogP contribution is -2.30. The number of esters is 3. The zero-order chi connectivity index (χ0) is 58.5. The second kappa shape index (κ2) is 68.8. The van der Waals surface area contributed by atoms with Gasteiger partial charge in [0, 0.05) is 19.3 Å². The molecule has 0 aliphatic rings. The van der Waals surface area contributed by atoms with Gasteiger partial charge in [0.2, 0.25) is 0 Å². The smallest absolute Gasteiger partial charge is 0.306 e. The maximum absolute atomic E-state index is 12.9. The van der Waals surface area contributed by atoms with Crippen molar-refractivity contribution in [2.45, 2.75) is 348 Å². The zero-order valence-corrected chi connectivity index (χ0v) is 53.5. The van der Waals surface area contributed by atoms with Crippen LogP contribution in [0.15, 0.2) is 97.2 Å². The number of carbonyl (C=O) groups excluding carboxylic acids is 3. The van der Waals surface area contributed by atoms with E-state index in [1.807, 2.05) is 6.08 Å². The van der Waals surface area contributed by atoms with Crippen LogP contribution >= 0.6 is 0 Å². The Hall–Kier alpha value is -3.67. The van der Waals surface area contributed by atoms with E-state index >= 15 is 0 Å². The third-order valence-corrected chi connectivity index (χ3v) is 15.1. The Bertz CT molecular complexity index is 1580. The first-order valence-corrected chi connectivity index (χ1v) is 34.7. The van der Waals surface area contributed by atoms with Crippen LogP contribution in [0, 0.1) is 0 Å². The average molecular weight is 1130 g/mol. The van der Waals surface area contributed by atoms with Gasteiger partial charge in [-0.05, 0) is 83.5 Å². The minimum absolute atomic E-state index is 0.0986. The van der Waals surface area contributed by atoms with E-state index in [1.165, 1.54) is 205 Å². The van der Waals surface area contributed by atoms with Crippen LogP contribution in [0.1, 0.15) is 342 Å². The predicted molar refractivity (Wildman–Crippen MR) is 353 cm³/mol. The van der Waals surface area contributed by atoms with Gasteiger partial charge in [-0.15, -0.1) is 0 Å². The van der Waals surface area contributed by atoms with Gasteiger partial charge in [0.25, 0.3) is 0 Å². The lowest BCUT2D eigenvalue weighted by atomic mass is 10.0. The van der Waals surface area contributed by atoms with E-state index in [0.29, 0.717) is 19.3 Å². The molecule has 0 saturated heterocycles. The van der Waals surface area contributed by atoms with Crippen LogP contribution in [-0.4, -0.2) is 37.2 Å². The van der Waals surface area contributed by atoms with Crippen LogP contribution in [0.4, 0.5) is 0 Å². The Morgan fingerprint density at radius 1 is 0.259 bits per heavy atom. The van der Waals surface area contributed by atoms with Crippen molar-refractivity contribution in [1.82, 2.24) is 0 Å². The van der Waals surface area contributed by atoms with Crippen molar-refractivity contribution < 1.29 is 28.6 Å². The molecule has 0 aromatic heterocycles. The average Bonchev–Trinajstić information content (AvgIpc) is 3.46. The van der Waals surface area contributed by atoms with E-state index in [-0.39, 0.29) is 37.5 Å². The molecule has 0 aliphatic carbocycles. The lowest BCUT2D eigenvalue weighted by molar-refractivity contribution is -0.166. The van der Waals surface area contributed by atoms with Crippen LogP contribution < -0.4 is 0 Å². The SMILES string of the molecule is CC/C=C\C/C=C\C/C=C\C/C=C\CCCCCCCCCCCCC(=O)OC(COC(=O)CC/C=C\C/C=C\C/C=C\C/C=C\CC)COC(=O)CCCCCCCCCCCCCCCCCCCCCCCCCCCCC. The summed E-state index contributed by atoms with van der Waals surface area (Å²) in [5.41, 5.74) is 0. The quantitative estimate of drug-likeness (QED) is 0.0261. The summed E-state index contributed by atoms with van der Waals surface area (Å²) >= 11 is 0. The van der Waals surface area contributed by atoms with Crippen LogP contribution in [0.3, 0.4) is 0 Å². The molecule has 81 heavy (non-hydrogen) atoms. The summed E-state index contributed by atoms with van der Waals surface area (Å²) < 4.78 is 16.9. The Morgan fingerprint density at radius 3 is 0.827 bits per heavy atom. The van der Waals surface area contributed by atoms with Gasteiger partial charge in [-0.25, -0.2) is 0 Å². The van der Waals surface area contributed by atoms with Crippen molar-refractivity contribution in [3.63, 3.8) is 0 Å². The van der Waals surface area contributed by atoms with E-state index in [1.54, 1.807) is 0 Å². The van der Waals surface area contributed by atoms with E-state index in [2.05, 4.69) is 112 Å². The van der Waals surface area contributed by atoms with Crippen molar-refractivity contribution in [2.75, 3.05) is 13.2 Å². The van der Waals surface area contributed by atoms with Gasteiger partial charge in [-0.3, -0.25) is 14.4 Å². The van der Waals surface area contributed by atoms with Crippen LogP contribution in [-0.2, 0) is 28.6 Å². The molecule has 0 aromatic rings. The lowest BCUT2D eigenvalue weighted by Gasteiger charge is -2.18. The van der Waals surface area contributed by atoms with Gasteiger partial charge in [0.05, 0.1) is 0 Å². The van der Waals surface area contributed by atoms with Crippen LogP contribution in [0.5, 0.6) is 0 Å². The van der Waals surface area contributed by atoms with Gasteiger partial charge in [-0.1, -0.05) is 336 Å². The number of unbranched alkanes of at least 4 members (excludes halogenated alkanes) is 36. The normalized spacial score (nSPS) is 12.7. The standard InChI is InChI=1S/C75H130O6/c1-4-7-10-13-16-19-22-25-27-29-31-33-35-36-37-38-40-41-43-45-47-50-53-56-59-62-65-68-74(77)80-71-72(70-79-73(76)67-64-61-58-55-52-49-24-21-18-15-12-9-6-3)81-75(78)69-66-63-60-57-54-51-48-46-44-42-39-34-32-30-28-26-23-20-17-14-11-8-5-2/h8-9,11-12,17-18,20-21,26,28,32,34,49,52,58,61,72H,4-7,10,13-16,19,22-25,27,29-31,33,35-48,50-51,53-57,59-60,62-71H2,1-3H3/b11-8-,12-9-,20-17-,21-18-,28-26-,34-32-,52-49-,61-58-. The van der Waals surface area contributed by atoms with Crippen molar-refractivity contribution in [1.29, 1.82) is 0 Å². The first kappa shape index (κ1) is 77.3. The number of hydrogen-bond donors (Lipinski definition) is 0. The van der Waals surface area contributed by atoms with Gasteiger partial charge < -0.3 is 14.2 Å². The van der Waals surface area contributed by atoms with Crippen molar-refractivity contribution >= 4 is 17.9 Å². The molecule has 0 fully saturated rings. The molecular weight excluding hydrogens is 997 g/mol. The molecule has 0 bridgehead atoms. The highest BCUT2D eigenvalue weighted by molar-refractivity contribution is 5.71. The number of ether oxygens (including phenoxy) is 3. The molecule has 466 valence electrons. The summed E-state index contributed by atoms with van der Waals surface area (Å²) in [5.74, 6) is -0.974. The molecule has 0 saturated carbocycles. The van der Waals surface area contributed by atoms with Gasteiger partial charge >= 0.3 is 17.9 Å². The predicted octanol–water partition coefficient (Wildman–Crippen LogP) is 24.0. The largest absolute Gasteiger partial charge is 0.462 e. The number of rotatable bonds is 63. The molecule has 1 atom stereocenters. The molecule has 0 aliphatic heterocycles. The monoisotopic (exact) mass is 1130 g/mol. The molecule has 0 amide bonds. The Balaban J connectivity index is 4.28. The van der Waals surface area contributed by atoms with E-state index < -0.39 is 6.10 Å². The highest BCUT2D eigenvalue weighted by Crippen LogP contribution is 2.18. The molecule has 0 heterocycles. The fourth-order valence-corrected chi connectivity index (χ4v) is 9.98. The molecule has 0 rings (SSSR count). The Labute approximate surface area is 502 Å². The maximum Gasteiger partial charge on any atom is 0.306 e. The minimum atomic E-state index is -0.810. The first-order chi connectivity index (χ1) is 40.0. The minimum Gasteiger partial charge on any atom is -0.462 e. The third-order valence-electron chi connectivity index (χ3n) is 15.1. The third kappa shape index (κ3) is 67.0. The topological polar surface area (TPSA) is 78.9 Å². The fraction of sp³-hybridized carbons (Fsp3) is 0.747. The second-order valence-corrected chi connectivity index (χ2v) is 23.0. The molecule has 0 N–H and O–H groups in total. The summed E-state index contributed by atoms with van der Waals surface area (Å²) in [7, 11) is 0. The highest BCUT2D eigenvalue weighted by atomic mass is 16.6. The van der Waals surface area contributed by atoms with Crippen molar-refractivity contribution in [2.24, 2.45) is 0 Å². The Kier molecular flexibility index (Phi) is 65.7. The van der Waals surface area contributed by atoms with Crippen molar-refractivity contribution in [3.05, 3.63) is 97.2 Å². The summed E-state index contributed by atoms with van der Waals surface area (Å²) in [6.07, 6.45) is 93.2. The Morgan fingerprint density at radius 2 is 0.506 bits per heavy atom. The molecule has 6 heteroatoms. The second-order valence-electron chi connectivity index (χ2n) is 23.0. The number of hydrogen-bond acceptors (Lipinski definition) is 6. The number of allylic oxidation sites excluding steroid dienone is 16. The fourth-order valence-electron chi connectivity index (χ4n) is 9.98. The number of carbonyl (C=O) groups is 3. The molecular formula is C75H130O6. The summed E-state index contributed by atoms with van der Waals surface area (Å²) in [6.45, 7) is 6.39. The summed E-state index contributed by atoms with van der Waals surface area (Å²) in [4.78, 5) is 38.3. The summed E-state index contributed by atoms with van der Waals surface area (Å²) in [6, 6.07) is 0. The van der Waals surface area contributed by atoms with Crippen molar-refractivity contribution in [3.8, 4) is 0 Å². The van der Waals surface area contributed by atoms with E-state index in [4.69, 9.17) is 14.2 Å². The zero-order valence-electron chi connectivity index (χ0n) is 53.5.